The second kappa shape index (κ2) is 20.6. The predicted octanol–water partition coefficient (Wildman–Crippen LogP) is 10.6. The molecular weight excluding hydrogens is 564 g/mol. The first-order valence-corrected chi connectivity index (χ1v) is 18.7. The number of Topliss-reactive ketones (excluding diaryl/α,β-unsaturated/α-hetero) is 1. The van der Waals surface area contributed by atoms with Gasteiger partial charge in [0.2, 0.25) is 0 Å². The van der Waals surface area contributed by atoms with Crippen molar-refractivity contribution in [1.29, 1.82) is 0 Å². The molecule has 0 spiro atoms. The molecule has 3 rings (SSSR count). The summed E-state index contributed by atoms with van der Waals surface area (Å²) in [5.41, 5.74) is 1.21. The Morgan fingerprint density at radius 2 is 1.11 bits per heavy atom. The van der Waals surface area contributed by atoms with E-state index in [0.717, 1.165) is 31.1 Å². The van der Waals surface area contributed by atoms with Gasteiger partial charge >= 0.3 is 0 Å². The molecule has 0 saturated carbocycles. The third-order valence-electron chi connectivity index (χ3n) is 8.81. The largest absolute Gasteiger partial charge is 0.871 e. The van der Waals surface area contributed by atoms with Crippen LogP contribution in [0.2, 0.25) is 0 Å². The first kappa shape index (κ1) is 36.1. The number of carbonyl (C=O) groups is 1. The molecule has 2 heterocycles. The van der Waals surface area contributed by atoms with Crippen LogP contribution in [0.15, 0.2) is 46.8 Å². The minimum Gasteiger partial charge on any atom is -0.871 e. The Morgan fingerprint density at radius 3 is 1.55 bits per heavy atom. The van der Waals surface area contributed by atoms with Gasteiger partial charge in [0.1, 0.15) is 11.5 Å². The van der Waals surface area contributed by atoms with Crippen molar-refractivity contribution in [2.45, 2.75) is 156 Å². The summed E-state index contributed by atoms with van der Waals surface area (Å²) in [6.45, 7) is 10.2. The minimum absolute atomic E-state index is 0.175. The van der Waals surface area contributed by atoms with E-state index in [1.807, 2.05) is 13.8 Å². The third-order valence-corrected chi connectivity index (χ3v) is 9.89. The zero-order chi connectivity index (χ0) is 31.6. The smallest absolute Gasteiger partial charge is 0.193 e. The van der Waals surface area contributed by atoms with Crippen molar-refractivity contribution in [2.75, 3.05) is 18.0 Å². The van der Waals surface area contributed by atoms with E-state index in [0.29, 0.717) is 22.0 Å². The quantitative estimate of drug-likeness (QED) is 0.0846. The van der Waals surface area contributed by atoms with Crippen LogP contribution in [0.25, 0.3) is 5.57 Å². The summed E-state index contributed by atoms with van der Waals surface area (Å²) < 4.78 is 5.55. The highest BCUT2D eigenvalue weighted by atomic mass is 32.1. The van der Waals surface area contributed by atoms with Crippen molar-refractivity contribution in [3.63, 3.8) is 0 Å². The van der Waals surface area contributed by atoms with Gasteiger partial charge < -0.3 is 14.7 Å². The Balaban J connectivity index is 1.53. The molecule has 2 aliphatic rings. The topological polar surface area (TPSA) is 65.5 Å². The lowest BCUT2D eigenvalue weighted by Gasteiger charge is -2.31. The van der Waals surface area contributed by atoms with Crippen molar-refractivity contribution in [3.05, 3.63) is 51.6 Å². The van der Waals surface area contributed by atoms with Gasteiger partial charge in [-0.25, -0.2) is 4.98 Å². The van der Waals surface area contributed by atoms with E-state index in [1.165, 1.54) is 127 Å². The minimum atomic E-state index is -0.175. The van der Waals surface area contributed by atoms with Crippen LogP contribution in [-0.4, -0.2) is 23.9 Å². The van der Waals surface area contributed by atoms with E-state index in [4.69, 9.17) is 9.72 Å². The normalized spacial score (nSPS) is 15.0. The lowest BCUT2D eigenvalue weighted by atomic mass is 9.83. The number of unbranched alkanes of at least 4 members (excludes halogenated alkanes) is 18. The molecule has 5 nitrogen and oxygen atoms in total. The number of allylic oxidation sites excluding steroid dienone is 7. The predicted molar refractivity (Wildman–Crippen MR) is 186 cm³/mol. The number of rotatable bonds is 24. The fourth-order valence-electron chi connectivity index (χ4n) is 6.23. The van der Waals surface area contributed by atoms with E-state index in [9.17, 15) is 9.90 Å². The summed E-state index contributed by atoms with van der Waals surface area (Å²) in [4.78, 5) is 21.0. The first-order valence-electron chi connectivity index (χ1n) is 17.9. The third kappa shape index (κ3) is 11.9. The number of nitrogens with zero attached hydrogens (tertiary/aromatic N) is 2. The van der Waals surface area contributed by atoms with Gasteiger partial charge in [0, 0.05) is 30.4 Å². The SMILES string of the molecule is CCCCCCCCCCCCN(CCCCCCCCCCCC)c1ncc(C2=C([O-])C(=C3C=C(C)OC(C)=C3)C2=O)s1. The van der Waals surface area contributed by atoms with Gasteiger partial charge in [-0.1, -0.05) is 147 Å². The van der Waals surface area contributed by atoms with Crippen LogP contribution in [0.5, 0.6) is 0 Å². The van der Waals surface area contributed by atoms with E-state index in [-0.39, 0.29) is 22.7 Å². The maximum atomic E-state index is 13.2. The molecule has 1 aliphatic carbocycles. The monoisotopic (exact) mass is 623 g/mol. The van der Waals surface area contributed by atoms with Crippen molar-refractivity contribution in [2.24, 2.45) is 0 Å². The van der Waals surface area contributed by atoms with Crippen molar-refractivity contribution in [3.8, 4) is 0 Å². The Labute approximate surface area is 272 Å². The summed E-state index contributed by atoms with van der Waals surface area (Å²) in [6.07, 6.45) is 31.7. The fourth-order valence-corrected chi connectivity index (χ4v) is 7.23. The lowest BCUT2D eigenvalue weighted by molar-refractivity contribution is -0.297. The number of carbonyl (C=O) groups excluding carboxylic acids is 1. The van der Waals surface area contributed by atoms with Crippen LogP contribution < -0.4 is 10.0 Å². The second-order valence-electron chi connectivity index (χ2n) is 12.8. The van der Waals surface area contributed by atoms with Crippen LogP contribution in [-0.2, 0) is 9.53 Å². The molecule has 0 fully saturated rings. The Kier molecular flexibility index (Phi) is 17.0. The van der Waals surface area contributed by atoms with E-state index >= 15 is 0 Å². The van der Waals surface area contributed by atoms with Gasteiger partial charge in [-0.3, -0.25) is 4.79 Å². The molecule has 0 atom stereocenters. The number of ether oxygens (including phenoxy) is 1. The maximum Gasteiger partial charge on any atom is 0.193 e. The number of hydrogen-bond donors (Lipinski definition) is 0. The second-order valence-corrected chi connectivity index (χ2v) is 13.8. The average molecular weight is 624 g/mol. The van der Waals surface area contributed by atoms with Crippen molar-refractivity contribution in [1.82, 2.24) is 4.98 Å². The van der Waals surface area contributed by atoms with Gasteiger partial charge in [-0.05, 0) is 44.4 Å². The summed E-state index contributed by atoms with van der Waals surface area (Å²) in [7, 11) is 0. The lowest BCUT2D eigenvalue weighted by Crippen LogP contribution is -2.30. The Bertz CT molecular complexity index is 1100. The molecule has 0 saturated heterocycles. The zero-order valence-corrected chi connectivity index (χ0v) is 29.1. The molecule has 0 bridgehead atoms. The van der Waals surface area contributed by atoms with Gasteiger partial charge in [0.25, 0.3) is 0 Å². The van der Waals surface area contributed by atoms with E-state index < -0.39 is 0 Å². The number of aromatic nitrogens is 1. The maximum absolute atomic E-state index is 13.2. The molecule has 0 unspecified atom stereocenters. The zero-order valence-electron chi connectivity index (χ0n) is 28.3. The molecule has 44 heavy (non-hydrogen) atoms. The number of anilines is 1. The molecule has 0 radical (unpaired) electrons. The molecule has 0 aromatic carbocycles. The van der Waals surface area contributed by atoms with Crippen molar-refractivity contribution >= 4 is 27.8 Å². The van der Waals surface area contributed by atoms with Crippen molar-refractivity contribution < 1.29 is 14.6 Å². The van der Waals surface area contributed by atoms with E-state index in [1.54, 1.807) is 18.3 Å². The number of ketones is 1. The van der Waals surface area contributed by atoms with Crippen LogP contribution >= 0.6 is 11.3 Å². The molecule has 0 amide bonds. The molecular formula is C38H59N2O3S-. The highest BCUT2D eigenvalue weighted by Gasteiger charge is 2.32. The van der Waals surface area contributed by atoms with Gasteiger partial charge in [0.05, 0.1) is 4.88 Å². The summed E-state index contributed by atoms with van der Waals surface area (Å²) in [6, 6.07) is 0. The van der Waals surface area contributed by atoms with Crippen LogP contribution in [0.1, 0.15) is 161 Å². The standard InChI is InChI=1S/C38H60N2O3S/c1-5-7-9-11-13-15-17-19-21-23-25-40(26-24-22-20-18-16-14-12-10-8-6-2)38-39-29-33(44-38)35-36(41)34(37(35)42)32-27-30(3)43-31(4)28-32/h27-29,41H,5-26H2,1-4H3/p-1. The molecule has 246 valence electrons. The van der Waals surface area contributed by atoms with Crippen LogP contribution in [0.3, 0.4) is 0 Å². The summed E-state index contributed by atoms with van der Waals surface area (Å²) in [5.74, 6) is 1.03. The Morgan fingerprint density at radius 1 is 0.682 bits per heavy atom. The van der Waals surface area contributed by atoms with Crippen LogP contribution in [0.4, 0.5) is 5.13 Å². The van der Waals surface area contributed by atoms with Gasteiger partial charge in [-0.15, -0.1) is 0 Å². The highest BCUT2D eigenvalue weighted by molar-refractivity contribution is 7.17. The summed E-state index contributed by atoms with van der Waals surface area (Å²) in [5, 5.41) is 14.1. The number of thiazole rings is 1. The fraction of sp³-hybridized carbons (Fsp3) is 0.684. The van der Waals surface area contributed by atoms with E-state index in [2.05, 4.69) is 18.7 Å². The highest BCUT2D eigenvalue weighted by Crippen LogP contribution is 2.41. The average Bonchev–Trinajstić information content (AvgIpc) is 3.46. The van der Waals surface area contributed by atoms with Gasteiger partial charge in [-0.2, -0.15) is 0 Å². The molecule has 1 aromatic rings. The first-order chi connectivity index (χ1) is 21.5. The number of hydrogen-bond acceptors (Lipinski definition) is 6. The molecule has 0 N–H and O–H groups in total. The van der Waals surface area contributed by atoms with Gasteiger partial charge in [0.15, 0.2) is 10.9 Å². The Hall–Kier alpha value is -2.34. The van der Waals surface area contributed by atoms with Crippen LogP contribution in [0, 0.1) is 0 Å². The molecule has 1 aliphatic heterocycles. The molecule has 6 heteroatoms. The summed E-state index contributed by atoms with van der Waals surface area (Å²) >= 11 is 1.50. The molecule has 1 aromatic heterocycles.